The molecule has 22 heavy (non-hydrogen) atoms. The second kappa shape index (κ2) is 6.32. The molecule has 0 aromatic carbocycles. The number of aryl methyl sites for hydroxylation is 1. The monoisotopic (exact) mass is 333 g/mol. The van der Waals surface area contributed by atoms with Crippen molar-refractivity contribution in [3.63, 3.8) is 0 Å². The Kier molecular flexibility index (Phi) is 4.42. The molecule has 0 atom stereocenters. The maximum absolute atomic E-state index is 12.1. The van der Waals surface area contributed by atoms with E-state index in [4.69, 9.17) is 0 Å². The van der Waals surface area contributed by atoms with Crippen LogP contribution in [0, 0.1) is 6.92 Å². The summed E-state index contributed by atoms with van der Waals surface area (Å²) >= 11 is 3.32. The molecule has 0 fully saturated rings. The van der Waals surface area contributed by atoms with Crippen molar-refractivity contribution in [3.05, 3.63) is 55.6 Å². The van der Waals surface area contributed by atoms with E-state index in [0.29, 0.717) is 12.6 Å². The van der Waals surface area contributed by atoms with Gasteiger partial charge < -0.3 is 0 Å². The molecule has 3 aromatic heterocycles. The Morgan fingerprint density at radius 3 is 2.82 bits per heavy atom. The number of hydrogen-bond acceptors (Lipinski definition) is 5. The number of nitrogens with zero attached hydrogens (tertiary/aromatic N) is 3. The van der Waals surface area contributed by atoms with Crippen LogP contribution < -0.4 is 5.56 Å². The molecule has 0 aliphatic heterocycles. The normalized spacial score (nSPS) is 11.9. The largest absolute Gasteiger partial charge is 0.290 e. The molecule has 6 heteroatoms. The highest BCUT2D eigenvalue weighted by Gasteiger charge is 2.14. The van der Waals surface area contributed by atoms with Gasteiger partial charge in [0.1, 0.15) is 0 Å². The second-order valence-corrected chi connectivity index (χ2v) is 7.90. The molecule has 0 bridgehead atoms. The molecule has 3 aromatic rings. The second-order valence-electron chi connectivity index (χ2n) is 5.65. The quantitative estimate of drug-likeness (QED) is 0.717. The van der Waals surface area contributed by atoms with Crippen LogP contribution in [-0.2, 0) is 13.1 Å². The lowest BCUT2D eigenvalue weighted by atomic mass is 10.2. The van der Waals surface area contributed by atoms with Crippen LogP contribution in [0.1, 0.15) is 29.3 Å². The average Bonchev–Trinajstić information content (AvgIpc) is 3.07. The van der Waals surface area contributed by atoms with Crippen molar-refractivity contribution in [1.29, 1.82) is 0 Å². The van der Waals surface area contributed by atoms with Crippen LogP contribution in [0.5, 0.6) is 0 Å². The minimum absolute atomic E-state index is 0.00285. The highest BCUT2D eigenvalue weighted by molar-refractivity contribution is 7.15. The molecule has 4 nitrogen and oxygen atoms in total. The lowest BCUT2D eigenvalue weighted by molar-refractivity contribution is 0.203. The first-order valence-electron chi connectivity index (χ1n) is 7.28. The third-order valence-corrected chi connectivity index (χ3v) is 5.35. The van der Waals surface area contributed by atoms with Crippen molar-refractivity contribution < 1.29 is 0 Å². The van der Waals surface area contributed by atoms with Gasteiger partial charge in [0.15, 0.2) is 4.96 Å². The van der Waals surface area contributed by atoms with Crippen molar-refractivity contribution >= 4 is 27.6 Å². The van der Waals surface area contributed by atoms with Gasteiger partial charge in [-0.3, -0.25) is 14.1 Å². The van der Waals surface area contributed by atoms with Gasteiger partial charge in [0.05, 0.1) is 5.69 Å². The molecule has 0 radical (unpaired) electrons. The van der Waals surface area contributed by atoms with Crippen molar-refractivity contribution in [2.24, 2.45) is 0 Å². The zero-order valence-electron chi connectivity index (χ0n) is 12.9. The van der Waals surface area contributed by atoms with Gasteiger partial charge in [0, 0.05) is 46.5 Å². The van der Waals surface area contributed by atoms with E-state index >= 15 is 0 Å². The van der Waals surface area contributed by atoms with E-state index in [9.17, 15) is 4.79 Å². The van der Waals surface area contributed by atoms with Crippen molar-refractivity contribution in [3.8, 4) is 0 Å². The lowest BCUT2D eigenvalue weighted by Gasteiger charge is -2.25. The summed E-state index contributed by atoms with van der Waals surface area (Å²) in [7, 11) is 0. The summed E-state index contributed by atoms with van der Waals surface area (Å²) in [4.78, 5) is 22.5. The Morgan fingerprint density at radius 2 is 2.14 bits per heavy atom. The molecule has 0 saturated heterocycles. The maximum atomic E-state index is 12.1. The van der Waals surface area contributed by atoms with E-state index in [1.165, 1.54) is 21.1 Å². The average molecular weight is 333 g/mol. The summed E-state index contributed by atoms with van der Waals surface area (Å²) in [6.07, 6.45) is 1.77. The first-order valence-corrected chi connectivity index (χ1v) is 8.97. The third-order valence-electron chi connectivity index (χ3n) is 3.61. The van der Waals surface area contributed by atoms with Crippen molar-refractivity contribution in [1.82, 2.24) is 14.3 Å². The molecule has 0 amide bonds. The predicted octanol–water partition coefficient (Wildman–Crippen LogP) is 3.54. The first-order chi connectivity index (χ1) is 10.5. The van der Waals surface area contributed by atoms with Gasteiger partial charge in [0.25, 0.3) is 5.56 Å². The number of thiophene rings is 1. The van der Waals surface area contributed by atoms with Crippen molar-refractivity contribution in [2.75, 3.05) is 0 Å². The maximum Gasteiger partial charge on any atom is 0.258 e. The van der Waals surface area contributed by atoms with Gasteiger partial charge >= 0.3 is 0 Å². The summed E-state index contributed by atoms with van der Waals surface area (Å²) in [5.74, 6) is 0. The number of hydrogen-bond donors (Lipinski definition) is 0. The topological polar surface area (TPSA) is 37.6 Å². The SMILES string of the molecule is Cc1ccc(CN(Cc2cc(=O)n3ccsc3n2)C(C)C)s1. The van der Waals surface area contributed by atoms with Crippen LogP contribution in [0.15, 0.2) is 34.6 Å². The van der Waals surface area contributed by atoms with Crippen LogP contribution in [-0.4, -0.2) is 20.3 Å². The zero-order chi connectivity index (χ0) is 15.7. The molecular formula is C16H19N3OS2. The van der Waals surface area contributed by atoms with Gasteiger partial charge in [-0.1, -0.05) is 0 Å². The summed E-state index contributed by atoms with van der Waals surface area (Å²) in [5.41, 5.74) is 0.839. The summed E-state index contributed by atoms with van der Waals surface area (Å²) in [6.45, 7) is 8.06. The number of rotatable bonds is 5. The van der Waals surface area contributed by atoms with E-state index < -0.39 is 0 Å². The van der Waals surface area contributed by atoms with Crippen LogP contribution >= 0.6 is 22.7 Å². The molecule has 0 unspecified atom stereocenters. The predicted molar refractivity (Wildman–Crippen MR) is 92.8 cm³/mol. The van der Waals surface area contributed by atoms with Gasteiger partial charge in [-0.2, -0.15) is 0 Å². The Balaban J connectivity index is 1.84. The minimum Gasteiger partial charge on any atom is -0.290 e. The summed E-state index contributed by atoms with van der Waals surface area (Å²) < 4.78 is 1.59. The molecule has 3 heterocycles. The van der Waals surface area contributed by atoms with E-state index in [0.717, 1.165) is 17.2 Å². The highest BCUT2D eigenvalue weighted by atomic mass is 32.1. The van der Waals surface area contributed by atoms with Gasteiger partial charge in [0.2, 0.25) is 0 Å². The fraction of sp³-hybridized carbons (Fsp3) is 0.375. The lowest BCUT2D eigenvalue weighted by Crippen LogP contribution is -2.30. The Labute approximate surface area is 137 Å². The Hall–Kier alpha value is -1.50. The standard InChI is InChI=1S/C16H19N3OS2/c1-11(2)18(10-14-5-4-12(3)22-14)9-13-8-15(20)19-6-7-21-16(19)17-13/h4-8,11H,9-10H2,1-3H3. The van der Waals surface area contributed by atoms with E-state index in [1.807, 2.05) is 16.7 Å². The smallest absolute Gasteiger partial charge is 0.258 e. The molecule has 0 N–H and O–H groups in total. The molecule has 3 rings (SSSR count). The molecular weight excluding hydrogens is 314 g/mol. The Morgan fingerprint density at radius 1 is 1.32 bits per heavy atom. The zero-order valence-corrected chi connectivity index (χ0v) is 14.6. The van der Waals surface area contributed by atoms with Crippen LogP contribution in [0.25, 0.3) is 4.96 Å². The Bertz CT molecular complexity index is 831. The van der Waals surface area contributed by atoms with Gasteiger partial charge in [-0.05, 0) is 32.9 Å². The number of aromatic nitrogens is 2. The fourth-order valence-electron chi connectivity index (χ4n) is 2.37. The molecule has 116 valence electrons. The fourth-order valence-corrected chi connectivity index (χ4v) is 4.02. The molecule has 0 saturated carbocycles. The van der Waals surface area contributed by atoms with Crippen LogP contribution in [0.2, 0.25) is 0 Å². The van der Waals surface area contributed by atoms with Crippen molar-refractivity contribution in [2.45, 2.75) is 39.9 Å². The molecule has 0 aliphatic rings. The van der Waals surface area contributed by atoms with Gasteiger partial charge in [-0.15, -0.1) is 22.7 Å². The van der Waals surface area contributed by atoms with Crippen LogP contribution in [0.4, 0.5) is 0 Å². The third kappa shape index (κ3) is 3.29. The van der Waals surface area contributed by atoms with E-state index in [-0.39, 0.29) is 5.56 Å². The summed E-state index contributed by atoms with van der Waals surface area (Å²) in [5, 5.41) is 1.89. The molecule has 0 aliphatic carbocycles. The number of thiazole rings is 1. The minimum atomic E-state index is -0.00285. The van der Waals surface area contributed by atoms with E-state index in [2.05, 4.69) is 42.8 Å². The highest BCUT2D eigenvalue weighted by Crippen LogP contribution is 2.19. The molecule has 0 spiro atoms. The van der Waals surface area contributed by atoms with E-state index in [1.54, 1.807) is 16.7 Å². The summed E-state index contributed by atoms with van der Waals surface area (Å²) in [6, 6.07) is 6.38. The van der Waals surface area contributed by atoms with Crippen LogP contribution in [0.3, 0.4) is 0 Å². The first kappa shape index (κ1) is 15.4. The number of fused-ring (bicyclic) bond motifs is 1. The van der Waals surface area contributed by atoms with Gasteiger partial charge in [-0.25, -0.2) is 4.98 Å².